The Morgan fingerprint density at radius 2 is 1.81 bits per heavy atom. The number of ether oxygens (including phenoxy) is 1. The van der Waals surface area contributed by atoms with Gasteiger partial charge in [-0.1, -0.05) is 18.2 Å². The first-order valence-electron chi connectivity index (χ1n) is 10.6. The van der Waals surface area contributed by atoms with Crippen LogP contribution >= 0.6 is 0 Å². The highest BCUT2D eigenvalue weighted by molar-refractivity contribution is 7.91. The first kappa shape index (κ1) is 22.9. The normalized spacial score (nSPS) is 21.8. The van der Waals surface area contributed by atoms with Crippen molar-refractivity contribution in [3.05, 3.63) is 41.2 Å². The van der Waals surface area contributed by atoms with E-state index in [1.807, 2.05) is 18.5 Å². The summed E-state index contributed by atoms with van der Waals surface area (Å²) in [6.45, 7) is 7.05. The fourth-order valence-electron chi connectivity index (χ4n) is 4.66. The predicted octanol–water partition coefficient (Wildman–Crippen LogP) is 3.08. The molecule has 1 atom stereocenters. The molecule has 2 aromatic rings. The van der Waals surface area contributed by atoms with Crippen molar-refractivity contribution in [2.24, 2.45) is 0 Å². The molecule has 2 aliphatic heterocycles. The lowest BCUT2D eigenvalue weighted by Crippen LogP contribution is -2.46. The number of aryl methyl sites for hydroxylation is 1. The minimum atomic E-state index is -4.72. The number of hydrogen-bond acceptors (Lipinski definition) is 6. The molecule has 2 fully saturated rings. The fourth-order valence-corrected chi connectivity index (χ4v) is 6.36. The van der Waals surface area contributed by atoms with Gasteiger partial charge in [-0.05, 0) is 26.3 Å². The number of hydrogen-bond donors (Lipinski definition) is 0. The minimum absolute atomic E-state index is 0.126. The van der Waals surface area contributed by atoms with Gasteiger partial charge in [0, 0.05) is 38.3 Å². The van der Waals surface area contributed by atoms with Gasteiger partial charge in [0.25, 0.3) is 0 Å². The summed E-state index contributed by atoms with van der Waals surface area (Å²) in [5.41, 5.74) is 3.35. The van der Waals surface area contributed by atoms with Crippen molar-refractivity contribution < 1.29 is 26.3 Å². The van der Waals surface area contributed by atoms with Crippen molar-refractivity contribution in [2.45, 2.75) is 39.2 Å². The van der Waals surface area contributed by atoms with Gasteiger partial charge in [-0.2, -0.15) is 5.10 Å². The quantitative estimate of drug-likeness (QED) is 0.666. The third kappa shape index (κ3) is 5.03. The number of para-hydroxylation sites is 1. The highest BCUT2D eigenvalue weighted by atomic mass is 32.2. The summed E-state index contributed by atoms with van der Waals surface area (Å²) in [7, 11) is -3.00. The second-order valence-electron chi connectivity index (χ2n) is 8.44. The van der Waals surface area contributed by atoms with E-state index < -0.39 is 16.2 Å². The van der Waals surface area contributed by atoms with Crippen LogP contribution in [0, 0.1) is 13.8 Å². The van der Waals surface area contributed by atoms with Gasteiger partial charge in [-0.3, -0.25) is 9.58 Å². The molecular formula is C21H27F3N4O3S. The highest BCUT2D eigenvalue weighted by Gasteiger charge is 2.34. The molecule has 0 amide bonds. The van der Waals surface area contributed by atoms with Gasteiger partial charge in [0.05, 0.1) is 34.6 Å². The van der Waals surface area contributed by atoms with E-state index in [-0.39, 0.29) is 23.3 Å². The van der Waals surface area contributed by atoms with Gasteiger partial charge in [-0.15, -0.1) is 13.2 Å². The van der Waals surface area contributed by atoms with E-state index in [1.165, 1.54) is 12.1 Å². The minimum Gasteiger partial charge on any atom is -0.405 e. The molecule has 7 nitrogen and oxygen atoms in total. The van der Waals surface area contributed by atoms with Crippen molar-refractivity contribution in [2.75, 3.05) is 42.6 Å². The number of benzene rings is 1. The van der Waals surface area contributed by atoms with Crippen LogP contribution in [0.15, 0.2) is 24.3 Å². The number of sulfone groups is 1. The smallest absolute Gasteiger partial charge is 0.405 e. The average Bonchev–Trinajstić information content (AvgIpc) is 3.21. The van der Waals surface area contributed by atoms with Crippen molar-refractivity contribution in [3.63, 3.8) is 0 Å². The molecule has 32 heavy (non-hydrogen) atoms. The molecule has 4 rings (SSSR count). The van der Waals surface area contributed by atoms with Crippen LogP contribution in [-0.4, -0.2) is 67.1 Å². The molecule has 0 spiro atoms. The van der Waals surface area contributed by atoms with Gasteiger partial charge < -0.3 is 9.64 Å². The van der Waals surface area contributed by atoms with Crippen molar-refractivity contribution in [1.29, 1.82) is 0 Å². The van der Waals surface area contributed by atoms with Gasteiger partial charge in [0.2, 0.25) is 0 Å². The predicted molar refractivity (Wildman–Crippen MR) is 115 cm³/mol. The maximum atomic E-state index is 12.7. The van der Waals surface area contributed by atoms with Gasteiger partial charge in [-0.25, -0.2) is 8.42 Å². The zero-order chi connectivity index (χ0) is 23.1. The summed E-state index contributed by atoms with van der Waals surface area (Å²) in [6, 6.07) is 6.10. The fraction of sp³-hybridized carbons (Fsp3) is 0.571. The SMILES string of the molecule is Cc1nn(C2CCS(=O)(=O)C2)c(C)c1N1CCN(Cc2ccccc2OC(F)(F)F)CC1. The number of anilines is 1. The van der Waals surface area contributed by atoms with E-state index in [4.69, 9.17) is 0 Å². The maximum absolute atomic E-state index is 12.7. The molecule has 2 aliphatic rings. The van der Waals surface area contributed by atoms with Crippen LogP contribution in [-0.2, 0) is 16.4 Å². The van der Waals surface area contributed by atoms with Gasteiger partial charge in [0.15, 0.2) is 9.84 Å². The number of piperazine rings is 1. The lowest BCUT2D eigenvalue weighted by Gasteiger charge is -2.36. The Bertz CT molecular complexity index is 1080. The molecule has 1 aromatic carbocycles. The van der Waals surface area contributed by atoms with E-state index in [0.29, 0.717) is 44.7 Å². The molecule has 0 aliphatic carbocycles. The molecule has 0 bridgehead atoms. The summed E-state index contributed by atoms with van der Waals surface area (Å²) < 4.78 is 67.8. The average molecular weight is 473 g/mol. The zero-order valence-electron chi connectivity index (χ0n) is 18.1. The summed E-state index contributed by atoms with van der Waals surface area (Å²) in [5.74, 6) is 0.160. The largest absolute Gasteiger partial charge is 0.573 e. The monoisotopic (exact) mass is 472 g/mol. The molecular weight excluding hydrogens is 445 g/mol. The third-order valence-corrected chi connectivity index (χ3v) is 7.87. The Morgan fingerprint density at radius 1 is 1.12 bits per heavy atom. The molecule has 0 N–H and O–H groups in total. The topological polar surface area (TPSA) is 67.7 Å². The number of rotatable bonds is 5. The summed E-state index contributed by atoms with van der Waals surface area (Å²) in [6.07, 6.45) is -4.14. The number of aromatic nitrogens is 2. The summed E-state index contributed by atoms with van der Waals surface area (Å²) >= 11 is 0. The second-order valence-corrected chi connectivity index (χ2v) is 10.7. The molecule has 11 heteroatoms. The molecule has 1 aromatic heterocycles. The number of alkyl halides is 3. The van der Waals surface area contributed by atoms with Crippen molar-refractivity contribution >= 4 is 15.5 Å². The standard InChI is InChI=1S/C21H27F3N4O3S/c1-15-20(16(2)28(25-15)18-7-12-32(29,30)14-18)27-10-8-26(9-11-27)13-17-5-3-4-6-19(17)31-21(22,23)24/h3-6,18H,7-14H2,1-2H3. The first-order chi connectivity index (χ1) is 15.0. The number of halogens is 3. The van der Waals surface area contributed by atoms with E-state index >= 15 is 0 Å². The summed E-state index contributed by atoms with van der Waals surface area (Å²) in [5, 5.41) is 4.64. The van der Waals surface area contributed by atoms with Crippen molar-refractivity contribution in [3.8, 4) is 5.75 Å². The lowest BCUT2D eigenvalue weighted by molar-refractivity contribution is -0.275. The lowest BCUT2D eigenvalue weighted by atomic mass is 10.1. The Hall–Kier alpha value is -2.27. The molecule has 1 unspecified atom stereocenters. The van der Waals surface area contributed by atoms with Crippen LogP contribution in [0.2, 0.25) is 0 Å². The maximum Gasteiger partial charge on any atom is 0.573 e. The first-order valence-corrected chi connectivity index (χ1v) is 12.4. The van der Waals surface area contributed by atoms with Gasteiger partial charge >= 0.3 is 6.36 Å². The van der Waals surface area contributed by atoms with E-state index in [1.54, 1.807) is 12.1 Å². The Morgan fingerprint density at radius 3 is 2.44 bits per heavy atom. The van der Waals surface area contributed by atoms with Crippen molar-refractivity contribution in [1.82, 2.24) is 14.7 Å². The van der Waals surface area contributed by atoms with E-state index in [0.717, 1.165) is 17.1 Å². The number of nitrogens with zero attached hydrogens (tertiary/aromatic N) is 4. The van der Waals surface area contributed by atoms with Crippen LogP contribution in [0.3, 0.4) is 0 Å². The van der Waals surface area contributed by atoms with Gasteiger partial charge in [0.1, 0.15) is 5.75 Å². The Labute approximate surface area is 185 Å². The second kappa shape index (κ2) is 8.58. The Kier molecular flexibility index (Phi) is 6.15. The van der Waals surface area contributed by atoms with Crippen LogP contribution in [0.4, 0.5) is 18.9 Å². The Balaban J connectivity index is 1.42. The molecule has 176 valence electrons. The van der Waals surface area contributed by atoms with Crippen LogP contribution in [0.5, 0.6) is 5.75 Å². The molecule has 0 saturated carbocycles. The van der Waals surface area contributed by atoms with E-state index in [9.17, 15) is 21.6 Å². The van der Waals surface area contributed by atoms with Crippen LogP contribution in [0.1, 0.15) is 29.4 Å². The zero-order valence-corrected chi connectivity index (χ0v) is 18.9. The molecule has 0 radical (unpaired) electrons. The third-order valence-electron chi connectivity index (χ3n) is 6.12. The highest BCUT2D eigenvalue weighted by Crippen LogP contribution is 2.32. The van der Waals surface area contributed by atoms with Crippen LogP contribution in [0.25, 0.3) is 0 Å². The van der Waals surface area contributed by atoms with E-state index in [2.05, 4.69) is 19.6 Å². The summed E-state index contributed by atoms with van der Waals surface area (Å²) in [4.78, 5) is 4.33. The molecule has 2 saturated heterocycles. The van der Waals surface area contributed by atoms with Crippen LogP contribution < -0.4 is 9.64 Å². The molecule has 3 heterocycles.